The molecular formula is C19H17F2N3O2S. The van der Waals surface area contributed by atoms with Gasteiger partial charge in [-0.1, -0.05) is 11.2 Å². The molecule has 0 radical (unpaired) electrons. The topological polar surface area (TPSA) is 49.6 Å². The van der Waals surface area contributed by atoms with E-state index in [2.05, 4.69) is 10.1 Å². The van der Waals surface area contributed by atoms with Crippen LogP contribution in [0.4, 0.5) is 8.78 Å². The van der Waals surface area contributed by atoms with Crippen molar-refractivity contribution >= 4 is 17.2 Å². The van der Waals surface area contributed by atoms with Gasteiger partial charge in [-0.15, -0.1) is 11.3 Å². The average molecular weight is 389 g/mol. The van der Waals surface area contributed by atoms with E-state index in [4.69, 9.17) is 4.52 Å². The second-order valence-corrected chi connectivity index (χ2v) is 7.30. The molecule has 0 atom stereocenters. The maximum Gasteiger partial charge on any atom is 0.254 e. The summed E-state index contributed by atoms with van der Waals surface area (Å²) in [5, 5.41) is 6.11. The SMILES string of the molecule is O=C(c1ccc(F)c(F)c1)N1CCN(Cc2cc(-c3cccs3)on2)CC1. The lowest BCUT2D eigenvalue weighted by atomic mass is 10.1. The Morgan fingerprint density at radius 2 is 1.93 bits per heavy atom. The third kappa shape index (κ3) is 3.91. The largest absolute Gasteiger partial charge is 0.355 e. The summed E-state index contributed by atoms with van der Waals surface area (Å²) in [5.41, 5.74) is 1.01. The fourth-order valence-electron chi connectivity index (χ4n) is 3.07. The predicted molar refractivity (Wildman–Crippen MR) is 97.4 cm³/mol. The second-order valence-electron chi connectivity index (χ2n) is 6.36. The maximum absolute atomic E-state index is 13.3. The first-order chi connectivity index (χ1) is 13.1. The minimum absolute atomic E-state index is 0.166. The van der Waals surface area contributed by atoms with Gasteiger partial charge in [0, 0.05) is 44.4 Å². The summed E-state index contributed by atoms with van der Waals surface area (Å²) < 4.78 is 31.8. The summed E-state index contributed by atoms with van der Waals surface area (Å²) in [6.07, 6.45) is 0. The number of rotatable bonds is 4. The van der Waals surface area contributed by atoms with Gasteiger partial charge >= 0.3 is 0 Å². The van der Waals surface area contributed by atoms with Crippen LogP contribution in [0.15, 0.2) is 46.3 Å². The molecule has 140 valence electrons. The Balaban J connectivity index is 1.33. The fraction of sp³-hybridized carbons (Fsp3) is 0.263. The molecule has 0 bridgehead atoms. The van der Waals surface area contributed by atoms with E-state index in [1.807, 2.05) is 23.6 Å². The molecule has 0 unspecified atom stereocenters. The Morgan fingerprint density at radius 3 is 2.63 bits per heavy atom. The van der Waals surface area contributed by atoms with E-state index in [9.17, 15) is 13.6 Å². The first-order valence-corrected chi connectivity index (χ1v) is 9.44. The summed E-state index contributed by atoms with van der Waals surface area (Å²) >= 11 is 1.60. The summed E-state index contributed by atoms with van der Waals surface area (Å²) in [6.45, 7) is 3.04. The van der Waals surface area contributed by atoms with Gasteiger partial charge in [0.15, 0.2) is 17.4 Å². The van der Waals surface area contributed by atoms with Crippen molar-refractivity contribution in [1.29, 1.82) is 0 Å². The first-order valence-electron chi connectivity index (χ1n) is 8.56. The minimum Gasteiger partial charge on any atom is -0.355 e. The molecule has 0 saturated carbocycles. The van der Waals surface area contributed by atoms with Gasteiger partial charge in [-0.25, -0.2) is 8.78 Å². The Hall–Kier alpha value is -2.58. The highest BCUT2D eigenvalue weighted by atomic mass is 32.1. The molecule has 0 aliphatic carbocycles. The smallest absolute Gasteiger partial charge is 0.254 e. The summed E-state index contributed by atoms with van der Waals surface area (Å²) in [5.74, 6) is -1.49. The Labute approximate surface area is 158 Å². The quantitative estimate of drug-likeness (QED) is 0.684. The molecule has 1 aliphatic heterocycles. The van der Waals surface area contributed by atoms with Crippen LogP contribution in [0, 0.1) is 11.6 Å². The molecule has 1 amide bonds. The standard InChI is InChI=1S/C19H17F2N3O2S/c20-15-4-3-13(10-16(15)21)19(25)24-7-5-23(6-8-24)12-14-11-17(26-22-14)18-2-1-9-27-18/h1-4,9-11H,5-8,12H2. The average Bonchev–Trinajstić information content (AvgIpc) is 3.36. The zero-order valence-electron chi connectivity index (χ0n) is 14.4. The number of thiophene rings is 1. The second kappa shape index (κ2) is 7.58. The molecule has 1 saturated heterocycles. The van der Waals surface area contributed by atoms with Crippen molar-refractivity contribution in [2.75, 3.05) is 26.2 Å². The van der Waals surface area contributed by atoms with Crippen LogP contribution in [0.5, 0.6) is 0 Å². The van der Waals surface area contributed by atoms with Crippen LogP contribution in [0.3, 0.4) is 0 Å². The number of carbonyl (C=O) groups is 1. The summed E-state index contributed by atoms with van der Waals surface area (Å²) in [6, 6.07) is 9.13. The van der Waals surface area contributed by atoms with Gasteiger partial charge < -0.3 is 9.42 Å². The van der Waals surface area contributed by atoms with Crippen LogP contribution in [-0.2, 0) is 6.54 Å². The van der Waals surface area contributed by atoms with Crippen LogP contribution in [0.2, 0.25) is 0 Å². The van der Waals surface area contributed by atoms with Gasteiger partial charge in [0.05, 0.1) is 10.6 Å². The lowest BCUT2D eigenvalue weighted by molar-refractivity contribution is 0.0625. The number of aromatic nitrogens is 1. The number of hydrogen-bond donors (Lipinski definition) is 0. The van der Waals surface area contributed by atoms with E-state index >= 15 is 0 Å². The molecule has 1 fully saturated rings. The minimum atomic E-state index is -1.01. The molecule has 5 nitrogen and oxygen atoms in total. The normalized spacial score (nSPS) is 15.3. The van der Waals surface area contributed by atoms with Crippen LogP contribution >= 0.6 is 11.3 Å². The molecule has 8 heteroatoms. The molecule has 4 rings (SSSR count). The third-order valence-corrected chi connectivity index (χ3v) is 5.42. The highest BCUT2D eigenvalue weighted by molar-refractivity contribution is 7.13. The van der Waals surface area contributed by atoms with Crippen LogP contribution in [-0.4, -0.2) is 47.0 Å². The molecular weight excluding hydrogens is 372 g/mol. The Kier molecular flexibility index (Phi) is 5.00. The first kappa shape index (κ1) is 17.8. The van der Waals surface area contributed by atoms with Gasteiger partial charge in [-0.3, -0.25) is 9.69 Å². The van der Waals surface area contributed by atoms with E-state index in [0.29, 0.717) is 32.7 Å². The molecule has 3 aromatic rings. The van der Waals surface area contributed by atoms with Crippen LogP contribution < -0.4 is 0 Å². The van der Waals surface area contributed by atoms with Crippen molar-refractivity contribution in [1.82, 2.24) is 15.0 Å². The lowest BCUT2D eigenvalue weighted by Crippen LogP contribution is -2.48. The number of piperazine rings is 1. The van der Waals surface area contributed by atoms with Crippen molar-refractivity contribution in [2.24, 2.45) is 0 Å². The predicted octanol–water partition coefficient (Wildman–Crippen LogP) is 3.64. The van der Waals surface area contributed by atoms with Crippen molar-refractivity contribution < 1.29 is 18.1 Å². The lowest BCUT2D eigenvalue weighted by Gasteiger charge is -2.34. The molecule has 27 heavy (non-hydrogen) atoms. The number of carbonyl (C=O) groups excluding carboxylic acids is 1. The molecule has 1 aliphatic rings. The van der Waals surface area contributed by atoms with E-state index in [-0.39, 0.29) is 11.5 Å². The van der Waals surface area contributed by atoms with Gasteiger partial charge in [-0.2, -0.15) is 0 Å². The molecule has 3 heterocycles. The summed E-state index contributed by atoms with van der Waals surface area (Å²) in [7, 11) is 0. The number of benzene rings is 1. The van der Waals surface area contributed by atoms with Crippen molar-refractivity contribution in [3.63, 3.8) is 0 Å². The Morgan fingerprint density at radius 1 is 1.11 bits per heavy atom. The summed E-state index contributed by atoms with van der Waals surface area (Å²) in [4.78, 5) is 17.3. The molecule has 2 aromatic heterocycles. The van der Waals surface area contributed by atoms with Crippen LogP contribution in [0.25, 0.3) is 10.6 Å². The molecule has 0 spiro atoms. The highest BCUT2D eigenvalue weighted by Gasteiger charge is 2.23. The maximum atomic E-state index is 13.3. The van der Waals surface area contributed by atoms with Gasteiger partial charge in [0.1, 0.15) is 0 Å². The van der Waals surface area contributed by atoms with Gasteiger partial charge in [-0.05, 0) is 29.6 Å². The van der Waals surface area contributed by atoms with E-state index in [1.54, 1.807) is 16.2 Å². The fourth-order valence-corrected chi connectivity index (χ4v) is 3.74. The zero-order chi connectivity index (χ0) is 18.8. The van der Waals surface area contributed by atoms with Gasteiger partial charge in [0.2, 0.25) is 0 Å². The number of halogens is 2. The van der Waals surface area contributed by atoms with E-state index in [0.717, 1.165) is 28.5 Å². The van der Waals surface area contributed by atoms with Crippen molar-refractivity contribution in [3.8, 4) is 10.6 Å². The number of nitrogens with zero attached hydrogens (tertiary/aromatic N) is 3. The number of amides is 1. The highest BCUT2D eigenvalue weighted by Crippen LogP contribution is 2.25. The monoisotopic (exact) mass is 389 g/mol. The molecule has 1 aromatic carbocycles. The Bertz CT molecular complexity index is 934. The third-order valence-electron chi connectivity index (χ3n) is 4.53. The molecule has 0 N–H and O–H groups in total. The van der Waals surface area contributed by atoms with Gasteiger partial charge in [0.25, 0.3) is 5.91 Å². The van der Waals surface area contributed by atoms with E-state index in [1.165, 1.54) is 6.07 Å². The zero-order valence-corrected chi connectivity index (χ0v) is 15.2. The van der Waals surface area contributed by atoms with Crippen molar-refractivity contribution in [2.45, 2.75) is 6.54 Å². The van der Waals surface area contributed by atoms with E-state index < -0.39 is 11.6 Å². The van der Waals surface area contributed by atoms with Crippen LogP contribution in [0.1, 0.15) is 16.1 Å². The van der Waals surface area contributed by atoms with Crippen molar-refractivity contribution in [3.05, 3.63) is 64.7 Å². The number of hydrogen-bond acceptors (Lipinski definition) is 5.